The van der Waals surface area contributed by atoms with Crippen molar-refractivity contribution in [3.63, 3.8) is 0 Å². The van der Waals surface area contributed by atoms with Gasteiger partial charge in [-0.05, 0) is 11.6 Å². The van der Waals surface area contributed by atoms with Crippen LogP contribution in [0.2, 0.25) is 0 Å². The molecule has 1 heterocycles. The number of aliphatic hydroxyl groups excluding tert-OH is 1. The van der Waals surface area contributed by atoms with Gasteiger partial charge in [-0.3, -0.25) is 4.57 Å². The second kappa shape index (κ2) is 4.10. The highest BCUT2D eigenvalue weighted by molar-refractivity contribution is 7.60. The molecule has 1 unspecified atom stereocenters. The lowest BCUT2D eigenvalue weighted by Crippen LogP contribution is -2.20. The molecule has 0 bridgehead atoms. The van der Waals surface area contributed by atoms with E-state index in [1.54, 1.807) is 6.92 Å². The first-order valence-electron chi connectivity index (χ1n) is 3.89. The summed E-state index contributed by atoms with van der Waals surface area (Å²) >= 11 is 0. The second-order valence-corrected chi connectivity index (χ2v) is 4.19. The van der Waals surface area contributed by atoms with Crippen molar-refractivity contribution in [2.75, 3.05) is 0 Å². The summed E-state index contributed by atoms with van der Waals surface area (Å²) in [6.45, 7) is 1.68. The molecule has 8 heteroatoms. The number of aromatic nitrogens is 3. The number of hydrogen-bond acceptors (Lipinski definition) is 5. The normalized spacial score (nSPS) is 14.0. The fraction of sp³-hybridized carbons (Fsp3) is 0.500. The first-order chi connectivity index (χ1) is 6.46. The van der Waals surface area contributed by atoms with Gasteiger partial charge < -0.3 is 14.9 Å². The molecule has 0 aliphatic rings. The largest absolute Gasteiger partial charge is 0.388 e. The van der Waals surface area contributed by atoms with Crippen LogP contribution in [0.5, 0.6) is 0 Å². The molecule has 78 valence electrons. The average Bonchev–Trinajstić information content (AvgIpc) is 2.15. The maximum absolute atomic E-state index is 10.9. The van der Waals surface area contributed by atoms with Crippen molar-refractivity contribution in [1.82, 2.24) is 15.4 Å². The molecule has 0 fully saturated rings. The van der Waals surface area contributed by atoms with E-state index in [2.05, 4.69) is 15.4 Å². The minimum atomic E-state index is -4.50. The lowest BCUT2D eigenvalue weighted by Gasteiger charge is -2.11. The van der Waals surface area contributed by atoms with Crippen molar-refractivity contribution < 1.29 is 19.5 Å². The third-order valence-corrected chi connectivity index (χ3v) is 2.57. The van der Waals surface area contributed by atoms with Crippen LogP contribution in [0.1, 0.15) is 25.0 Å². The molecule has 0 aliphatic carbocycles. The third-order valence-electron chi connectivity index (χ3n) is 1.67. The highest BCUT2D eigenvalue weighted by Gasteiger charge is 2.27. The second-order valence-electron chi connectivity index (χ2n) is 2.68. The van der Waals surface area contributed by atoms with Gasteiger partial charge in [-0.15, -0.1) is 10.2 Å². The van der Waals surface area contributed by atoms with Gasteiger partial charge >= 0.3 is 7.60 Å². The Morgan fingerprint density at radius 2 is 2.21 bits per heavy atom. The van der Waals surface area contributed by atoms with Crippen molar-refractivity contribution in [2.24, 2.45) is 0 Å². The van der Waals surface area contributed by atoms with Gasteiger partial charge in [0.1, 0.15) is 0 Å². The van der Waals surface area contributed by atoms with Crippen molar-refractivity contribution in [3.05, 3.63) is 11.8 Å². The fourth-order valence-corrected chi connectivity index (χ4v) is 1.65. The molecule has 1 rings (SSSR count). The van der Waals surface area contributed by atoms with E-state index in [-0.39, 0.29) is 5.56 Å². The van der Waals surface area contributed by atoms with E-state index >= 15 is 0 Å². The summed E-state index contributed by atoms with van der Waals surface area (Å²) in [6, 6.07) is 0. The Balaban J connectivity index is 3.23. The first-order valence-corrected chi connectivity index (χ1v) is 5.50. The highest BCUT2D eigenvalue weighted by atomic mass is 31.2. The van der Waals surface area contributed by atoms with Crippen LogP contribution in [0.15, 0.2) is 6.20 Å². The number of hydrogen-bond donors (Lipinski definition) is 3. The number of rotatable bonds is 3. The molecule has 1 aromatic heterocycles. The van der Waals surface area contributed by atoms with Crippen LogP contribution in [-0.4, -0.2) is 30.3 Å². The number of aliphatic hydroxyl groups is 1. The Bertz CT molecular complexity index is 366. The summed E-state index contributed by atoms with van der Waals surface area (Å²) in [5.41, 5.74) is -0.488. The average molecular weight is 219 g/mol. The summed E-state index contributed by atoms with van der Waals surface area (Å²) < 4.78 is 10.9. The van der Waals surface area contributed by atoms with Gasteiger partial charge in [0.2, 0.25) is 0 Å². The monoisotopic (exact) mass is 219 g/mol. The van der Waals surface area contributed by atoms with Gasteiger partial charge in [0.25, 0.3) is 0 Å². The molecule has 1 aromatic rings. The van der Waals surface area contributed by atoms with Crippen LogP contribution in [-0.2, 0) is 4.57 Å². The Morgan fingerprint density at radius 3 is 2.71 bits per heavy atom. The Morgan fingerprint density at radius 1 is 1.57 bits per heavy atom. The maximum Gasteiger partial charge on any atom is 0.376 e. The SMILES string of the molecule is CCC(O)c1cnnnc1P(=O)(O)O. The molecule has 14 heavy (non-hydrogen) atoms. The van der Waals surface area contributed by atoms with Crippen molar-refractivity contribution in [2.45, 2.75) is 19.4 Å². The van der Waals surface area contributed by atoms with E-state index in [1.807, 2.05) is 0 Å². The Labute approximate surface area is 80.0 Å². The molecule has 0 amide bonds. The van der Waals surface area contributed by atoms with E-state index in [0.29, 0.717) is 6.42 Å². The molecule has 1 atom stereocenters. The minimum absolute atomic E-state index is 0.0239. The Kier molecular flexibility index (Phi) is 3.28. The van der Waals surface area contributed by atoms with E-state index in [4.69, 9.17) is 9.79 Å². The first kappa shape index (κ1) is 11.2. The minimum Gasteiger partial charge on any atom is -0.388 e. The van der Waals surface area contributed by atoms with Gasteiger partial charge in [0.05, 0.1) is 12.3 Å². The molecule has 7 nitrogen and oxygen atoms in total. The molecular weight excluding hydrogens is 209 g/mol. The topological polar surface area (TPSA) is 116 Å². The van der Waals surface area contributed by atoms with Gasteiger partial charge in [-0.25, -0.2) is 0 Å². The predicted molar refractivity (Wildman–Crippen MR) is 46.8 cm³/mol. The zero-order valence-corrected chi connectivity index (χ0v) is 8.29. The fourth-order valence-electron chi connectivity index (χ4n) is 0.953. The lowest BCUT2D eigenvalue weighted by molar-refractivity contribution is 0.173. The van der Waals surface area contributed by atoms with E-state index in [9.17, 15) is 9.67 Å². The summed E-state index contributed by atoms with van der Waals surface area (Å²) in [5, 5.41) is 19.1. The van der Waals surface area contributed by atoms with E-state index in [1.165, 1.54) is 0 Å². The smallest absolute Gasteiger partial charge is 0.376 e. The predicted octanol–water partition coefficient (Wildman–Crippen LogP) is -0.882. The van der Waals surface area contributed by atoms with Gasteiger partial charge in [-0.1, -0.05) is 6.92 Å². The van der Waals surface area contributed by atoms with Gasteiger partial charge in [0, 0.05) is 5.56 Å². The van der Waals surface area contributed by atoms with Crippen LogP contribution in [0.3, 0.4) is 0 Å². The molecular formula is C6H10N3O4P. The highest BCUT2D eigenvalue weighted by Crippen LogP contribution is 2.34. The lowest BCUT2D eigenvalue weighted by atomic mass is 10.1. The van der Waals surface area contributed by atoms with Crippen LogP contribution < -0.4 is 5.44 Å². The molecule has 0 saturated carbocycles. The van der Waals surface area contributed by atoms with E-state index < -0.39 is 19.1 Å². The van der Waals surface area contributed by atoms with Crippen LogP contribution in [0.25, 0.3) is 0 Å². The summed E-state index contributed by atoms with van der Waals surface area (Å²) in [5.74, 6) is 0. The summed E-state index contributed by atoms with van der Waals surface area (Å²) in [4.78, 5) is 17.8. The number of nitrogens with zero attached hydrogens (tertiary/aromatic N) is 3. The zero-order valence-electron chi connectivity index (χ0n) is 7.40. The van der Waals surface area contributed by atoms with Crippen molar-refractivity contribution in [1.29, 1.82) is 0 Å². The van der Waals surface area contributed by atoms with Crippen LogP contribution >= 0.6 is 7.60 Å². The van der Waals surface area contributed by atoms with Crippen molar-refractivity contribution in [3.8, 4) is 0 Å². The van der Waals surface area contributed by atoms with Gasteiger partial charge in [0.15, 0.2) is 5.44 Å². The zero-order chi connectivity index (χ0) is 10.8. The Hall–Kier alpha value is -0.880. The molecule has 0 radical (unpaired) electrons. The molecule has 0 saturated heterocycles. The standard InChI is InChI=1S/C6H10N3O4P/c1-2-5(10)4-3-7-9-8-6(4)14(11,12)13/h3,5,10H,2H2,1H3,(H2,11,12,13). The molecule has 0 aliphatic heterocycles. The maximum atomic E-state index is 10.9. The molecule has 0 spiro atoms. The molecule has 3 N–H and O–H groups in total. The van der Waals surface area contributed by atoms with Crippen molar-refractivity contribution >= 4 is 13.0 Å². The quantitative estimate of drug-likeness (QED) is 0.565. The summed E-state index contributed by atoms with van der Waals surface area (Å²) in [6.07, 6.45) is 0.441. The van der Waals surface area contributed by atoms with Crippen LogP contribution in [0, 0.1) is 0 Å². The van der Waals surface area contributed by atoms with Gasteiger partial charge in [-0.2, -0.15) is 0 Å². The van der Waals surface area contributed by atoms with Crippen LogP contribution in [0.4, 0.5) is 0 Å². The molecule has 0 aromatic carbocycles. The van der Waals surface area contributed by atoms with E-state index in [0.717, 1.165) is 6.20 Å². The summed E-state index contributed by atoms with van der Waals surface area (Å²) in [7, 11) is -4.50. The third kappa shape index (κ3) is 2.33.